The molecule has 0 aromatic heterocycles. The standard InChI is InChI=1S/C15H31NO2/c1-7-15(8-2,12-17)11-16-9-13(3,4)18-14(5,6)10-16/h17H,7-12H2,1-6H3. The highest BCUT2D eigenvalue weighted by atomic mass is 16.5. The Balaban J connectivity index is 2.77. The van der Waals surface area contributed by atoms with Gasteiger partial charge < -0.3 is 9.84 Å². The Morgan fingerprint density at radius 1 is 1.06 bits per heavy atom. The number of nitrogens with zero attached hydrogens (tertiary/aromatic N) is 1. The predicted molar refractivity (Wildman–Crippen MR) is 75.8 cm³/mol. The molecule has 108 valence electrons. The third-order valence-corrected chi connectivity index (χ3v) is 4.16. The summed E-state index contributed by atoms with van der Waals surface area (Å²) < 4.78 is 6.10. The Morgan fingerprint density at radius 2 is 1.50 bits per heavy atom. The number of morpholine rings is 1. The van der Waals surface area contributed by atoms with Gasteiger partial charge in [-0.25, -0.2) is 0 Å². The predicted octanol–water partition coefficient (Wildman–Crippen LogP) is 2.67. The zero-order valence-corrected chi connectivity index (χ0v) is 13.0. The molecule has 3 nitrogen and oxygen atoms in total. The maximum Gasteiger partial charge on any atom is 0.0760 e. The monoisotopic (exact) mass is 257 g/mol. The van der Waals surface area contributed by atoms with E-state index in [4.69, 9.17) is 4.74 Å². The summed E-state index contributed by atoms with van der Waals surface area (Å²) in [6, 6.07) is 0. The molecule has 1 aliphatic heterocycles. The van der Waals surface area contributed by atoms with Crippen LogP contribution in [0.15, 0.2) is 0 Å². The van der Waals surface area contributed by atoms with Crippen molar-refractivity contribution in [1.82, 2.24) is 4.90 Å². The molecular weight excluding hydrogens is 226 g/mol. The minimum atomic E-state index is -0.107. The lowest BCUT2D eigenvalue weighted by Gasteiger charge is -2.49. The van der Waals surface area contributed by atoms with Crippen molar-refractivity contribution >= 4 is 0 Å². The summed E-state index contributed by atoms with van der Waals surface area (Å²) >= 11 is 0. The van der Waals surface area contributed by atoms with Crippen molar-refractivity contribution in [2.45, 2.75) is 65.6 Å². The molecule has 0 aliphatic carbocycles. The van der Waals surface area contributed by atoms with Gasteiger partial charge in [-0.05, 0) is 40.5 Å². The molecule has 0 aromatic carbocycles. The second kappa shape index (κ2) is 5.48. The normalized spacial score (nSPS) is 24.2. The zero-order valence-electron chi connectivity index (χ0n) is 13.0. The number of aliphatic hydroxyl groups excluding tert-OH is 1. The fraction of sp³-hybridized carbons (Fsp3) is 1.00. The Labute approximate surface area is 113 Å². The van der Waals surface area contributed by atoms with Crippen molar-refractivity contribution in [2.24, 2.45) is 5.41 Å². The first-order valence-electron chi connectivity index (χ1n) is 7.21. The zero-order chi connectivity index (χ0) is 14.0. The minimum absolute atomic E-state index is 0.0451. The van der Waals surface area contributed by atoms with Gasteiger partial charge in [0.1, 0.15) is 0 Å². The van der Waals surface area contributed by atoms with Gasteiger partial charge in [-0.2, -0.15) is 0 Å². The van der Waals surface area contributed by atoms with Gasteiger partial charge in [0.05, 0.1) is 11.2 Å². The average molecular weight is 257 g/mol. The molecule has 0 saturated carbocycles. The third kappa shape index (κ3) is 3.94. The van der Waals surface area contributed by atoms with Crippen LogP contribution in [0.25, 0.3) is 0 Å². The summed E-state index contributed by atoms with van der Waals surface area (Å²) in [7, 11) is 0. The highest BCUT2D eigenvalue weighted by Gasteiger charge is 2.40. The number of rotatable bonds is 5. The number of hydrogen-bond donors (Lipinski definition) is 1. The molecule has 1 rings (SSSR count). The molecule has 3 heteroatoms. The second-order valence-electron chi connectivity index (χ2n) is 7.13. The molecule has 0 spiro atoms. The Morgan fingerprint density at radius 3 is 1.83 bits per heavy atom. The van der Waals surface area contributed by atoms with Crippen LogP contribution in [0, 0.1) is 5.41 Å². The van der Waals surface area contributed by atoms with Crippen molar-refractivity contribution < 1.29 is 9.84 Å². The molecule has 1 saturated heterocycles. The van der Waals surface area contributed by atoms with Gasteiger partial charge in [-0.3, -0.25) is 4.90 Å². The minimum Gasteiger partial charge on any atom is -0.396 e. The largest absolute Gasteiger partial charge is 0.396 e. The van der Waals surface area contributed by atoms with Crippen LogP contribution in [0.5, 0.6) is 0 Å². The van der Waals surface area contributed by atoms with Gasteiger partial charge >= 0.3 is 0 Å². The Kier molecular flexibility index (Phi) is 4.85. The summed E-state index contributed by atoms with van der Waals surface area (Å²) in [6.07, 6.45) is 2.05. The average Bonchev–Trinajstić information content (AvgIpc) is 2.22. The van der Waals surface area contributed by atoms with Crippen LogP contribution >= 0.6 is 0 Å². The Hall–Kier alpha value is -0.120. The van der Waals surface area contributed by atoms with Gasteiger partial charge in [-0.15, -0.1) is 0 Å². The lowest BCUT2D eigenvalue weighted by Crippen LogP contribution is -2.59. The van der Waals surface area contributed by atoms with Gasteiger partial charge in [0.2, 0.25) is 0 Å². The molecule has 0 aromatic rings. The summed E-state index contributed by atoms with van der Waals surface area (Å²) in [5.41, 5.74) is -0.168. The van der Waals surface area contributed by atoms with Crippen molar-refractivity contribution in [2.75, 3.05) is 26.2 Å². The summed E-state index contributed by atoms with van der Waals surface area (Å²) in [5, 5.41) is 9.71. The van der Waals surface area contributed by atoms with Crippen molar-refractivity contribution in [3.63, 3.8) is 0 Å². The highest BCUT2D eigenvalue weighted by molar-refractivity contribution is 4.92. The molecule has 1 heterocycles. The van der Waals surface area contributed by atoms with Crippen LogP contribution < -0.4 is 0 Å². The lowest BCUT2D eigenvalue weighted by molar-refractivity contribution is -0.186. The third-order valence-electron chi connectivity index (χ3n) is 4.16. The van der Waals surface area contributed by atoms with E-state index in [0.29, 0.717) is 0 Å². The smallest absolute Gasteiger partial charge is 0.0760 e. The maximum absolute atomic E-state index is 9.71. The van der Waals surface area contributed by atoms with E-state index >= 15 is 0 Å². The van der Waals surface area contributed by atoms with E-state index < -0.39 is 0 Å². The molecule has 0 amide bonds. The molecule has 1 N–H and O–H groups in total. The molecule has 0 bridgehead atoms. The summed E-state index contributed by atoms with van der Waals surface area (Å²) in [4.78, 5) is 2.46. The van der Waals surface area contributed by atoms with Crippen LogP contribution in [0.1, 0.15) is 54.4 Å². The van der Waals surface area contributed by atoms with E-state index in [1.165, 1.54) is 0 Å². The summed E-state index contributed by atoms with van der Waals surface area (Å²) in [5.74, 6) is 0. The molecular formula is C15H31NO2. The van der Waals surface area contributed by atoms with Gasteiger partial charge in [-0.1, -0.05) is 13.8 Å². The molecule has 18 heavy (non-hydrogen) atoms. The Bertz CT molecular complexity index is 245. The van der Waals surface area contributed by atoms with E-state index in [9.17, 15) is 5.11 Å². The first-order valence-corrected chi connectivity index (χ1v) is 7.21. The first kappa shape index (κ1) is 15.9. The van der Waals surface area contributed by atoms with Crippen LogP contribution in [-0.4, -0.2) is 47.4 Å². The SMILES string of the molecule is CCC(CC)(CO)CN1CC(C)(C)OC(C)(C)C1. The van der Waals surface area contributed by atoms with Gasteiger partial charge in [0, 0.05) is 31.7 Å². The maximum atomic E-state index is 9.71. The van der Waals surface area contributed by atoms with Crippen LogP contribution in [0.2, 0.25) is 0 Å². The topological polar surface area (TPSA) is 32.7 Å². The van der Waals surface area contributed by atoms with Crippen LogP contribution in [0.4, 0.5) is 0 Å². The van der Waals surface area contributed by atoms with Crippen molar-refractivity contribution in [1.29, 1.82) is 0 Å². The van der Waals surface area contributed by atoms with E-state index in [1.807, 2.05) is 0 Å². The van der Waals surface area contributed by atoms with E-state index in [1.54, 1.807) is 0 Å². The van der Waals surface area contributed by atoms with Crippen molar-refractivity contribution in [3.05, 3.63) is 0 Å². The quantitative estimate of drug-likeness (QED) is 0.822. The second-order valence-corrected chi connectivity index (χ2v) is 7.13. The van der Waals surface area contributed by atoms with Gasteiger partial charge in [0.15, 0.2) is 0 Å². The first-order chi connectivity index (χ1) is 8.17. The van der Waals surface area contributed by atoms with Crippen LogP contribution in [-0.2, 0) is 4.74 Å². The van der Waals surface area contributed by atoms with Crippen molar-refractivity contribution in [3.8, 4) is 0 Å². The number of hydrogen-bond acceptors (Lipinski definition) is 3. The molecule has 0 unspecified atom stereocenters. The number of aliphatic hydroxyl groups is 1. The van der Waals surface area contributed by atoms with Gasteiger partial charge in [0.25, 0.3) is 0 Å². The van der Waals surface area contributed by atoms with E-state index in [2.05, 4.69) is 46.4 Å². The summed E-state index contributed by atoms with van der Waals surface area (Å²) in [6.45, 7) is 16.1. The fourth-order valence-electron chi connectivity index (χ4n) is 3.28. The number of ether oxygens (including phenoxy) is 1. The molecule has 1 aliphatic rings. The molecule has 0 radical (unpaired) electrons. The van der Waals surface area contributed by atoms with Crippen LogP contribution in [0.3, 0.4) is 0 Å². The molecule has 0 atom stereocenters. The lowest BCUT2D eigenvalue weighted by atomic mass is 9.82. The van der Waals surface area contributed by atoms with E-state index in [0.717, 1.165) is 32.5 Å². The highest BCUT2D eigenvalue weighted by Crippen LogP contribution is 2.33. The fourth-order valence-corrected chi connectivity index (χ4v) is 3.28. The van der Waals surface area contributed by atoms with E-state index in [-0.39, 0.29) is 23.2 Å². The molecule has 1 fully saturated rings.